The van der Waals surface area contributed by atoms with Gasteiger partial charge in [0.25, 0.3) is 0 Å². The van der Waals surface area contributed by atoms with Crippen LogP contribution in [0.4, 0.5) is 0 Å². The molecule has 0 spiro atoms. The van der Waals surface area contributed by atoms with Gasteiger partial charge in [0.05, 0.1) is 0 Å². The maximum Gasteiger partial charge on any atom is 0.113 e. The van der Waals surface area contributed by atoms with Crippen molar-refractivity contribution in [3.8, 4) is 22.3 Å². The standard InChI is InChI=1S/C27H22BBr/c1-27(2,23-11-3-19(4-12-23)21-7-15-25(28)16-8-21)24-13-5-20(6-14-24)22-9-17-26(29)18-10-22/h3-18H,1-2H3. The first-order valence-electron chi connectivity index (χ1n) is 9.76. The Kier molecular flexibility index (Phi) is 5.47. The van der Waals surface area contributed by atoms with Gasteiger partial charge in [-0.2, -0.15) is 0 Å². The summed E-state index contributed by atoms with van der Waals surface area (Å²) in [7, 11) is 5.80. The Balaban J connectivity index is 1.59. The molecule has 2 heteroatoms. The summed E-state index contributed by atoms with van der Waals surface area (Å²) in [4.78, 5) is 0. The van der Waals surface area contributed by atoms with E-state index in [0.29, 0.717) is 0 Å². The van der Waals surface area contributed by atoms with Gasteiger partial charge < -0.3 is 0 Å². The SMILES string of the molecule is [B]c1ccc(-c2ccc(C(C)(C)c3ccc(-c4ccc(Br)cc4)cc3)cc2)cc1. The lowest BCUT2D eigenvalue weighted by Crippen LogP contribution is -2.18. The van der Waals surface area contributed by atoms with Crippen LogP contribution < -0.4 is 5.46 Å². The third kappa shape index (κ3) is 4.23. The topological polar surface area (TPSA) is 0 Å². The van der Waals surface area contributed by atoms with E-state index in [-0.39, 0.29) is 5.41 Å². The van der Waals surface area contributed by atoms with Crippen LogP contribution in [0.25, 0.3) is 22.3 Å². The van der Waals surface area contributed by atoms with Gasteiger partial charge in [0.2, 0.25) is 0 Å². The second kappa shape index (κ2) is 8.04. The van der Waals surface area contributed by atoms with E-state index in [4.69, 9.17) is 7.85 Å². The van der Waals surface area contributed by atoms with Crippen LogP contribution in [0.15, 0.2) is 102 Å². The van der Waals surface area contributed by atoms with Crippen LogP contribution in [0.5, 0.6) is 0 Å². The fourth-order valence-electron chi connectivity index (χ4n) is 3.64. The molecule has 0 heterocycles. The molecule has 0 atom stereocenters. The molecule has 0 nitrogen and oxygen atoms in total. The number of benzene rings is 4. The quantitative estimate of drug-likeness (QED) is 0.305. The first kappa shape index (κ1) is 19.7. The predicted molar refractivity (Wildman–Crippen MR) is 129 cm³/mol. The Morgan fingerprint density at radius 2 is 0.828 bits per heavy atom. The molecule has 0 aliphatic rings. The lowest BCUT2D eigenvalue weighted by Gasteiger charge is -2.26. The van der Waals surface area contributed by atoms with Crippen molar-refractivity contribution in [3.63, 3.8) is 0 Å². The summed E-state index contributed by atoms with van der Waals surface area (Å²) in [6.45, 7) is 4.56. The van der Waals surface area contributed by atoms with Crippen LogP contribution in [-0.2, 0) is 5.41 Å². The van der Waals surface area contributed by atoms with Crippen molar-refractivity contribution < 1.29 is 0 Å². The highest BCUT2D eigenvalue weighted by atomic mass is 79.9. The van der Waals surface area contributed by atoms with E-state index in [9.17, 15) is 0 Å². The molecule has 0 aromatic heterocycles. The summed E-state index contributed by atoms with van der Waals surface area (Å²) in [5, 5.41) is 0. The van der Waals surface area contributed by atoms with Gasteiger partial charge in [-0.25, -0.2) is 0 Å². The van der Waals surface area contributed by atoms with Crippen LogP contribution in [0.2, 0.25) is 0 Å². The maximum absolute atomic E-state index is 5.80. The molecule has 0 aliphatic carbocycles. The molecule has 4 rings (SSSR count). The molecule has 0 unspecified atom stereocenters. The van der Waals surface area contributed by atoms with Crippen LogP contribution in [0, 0.1) is 0 Å². The van der Waals surface area contributed by atoms with Crippen molar-refractivity contribution in [1.29, 1.82) is 0 Å². The number of hydrogen-bond acceptors (Lipinski definition) is 0. The van der Waals surface area contributed by atoms with Gasteiger partial charge in [-0.3, -0.25) is 0 Å². The molecule has 0 fully saturated rings. The van der Waals surface area contributed by atoms with Crippen molar-refractivity contribution >= 4 is 29.2 Å². The lowest BCUT2D eigenvalue weighted by molar-refractivity contribution is 0.641. The molecule has 0 N–H and O–H groups in total. The molecule has 0 saturated heterocycles. The van der Waals surface area contributed by atoms with Crippen molar-refractivity contribution in [3.05, 3.63) is 113 Å². The van der Waals surface area contributed by atoms with Gasteiger partial charge in [0, 0.05) is 9.89 Å². The first-order chi connectivity index (χ1) is 13.9. The lowest BCUT2D eigenvalue weighted by atomic mass is 9.77. The highest BCUT2D eigenvalue weighted by molar-refractivity contribution is 9.10. The molecule has 0 bridgehead atoms. The van der Waals surface area contributed by atoms with E-state index in [2.05, 4.69) is 115 Å². The third-order valence-corrected chi connectivity index (χ3v) is 6.16. The molecule has 4 aromatic carbocycles. The zero-order valence-corrected chi connectivity index (χ0v) is 18.3. The van der Waals surface area contributed by atoms with Gasteiger partial charge in [-0.05, 0) is 45.5 Å². The second-order valence-corrected chi connectivity index (χ2v) is 8.82. The number of rotatable bonds is 4. The summed E-state index contributed by atoms with van der Waals surface area (Å²) in [5.74, 6) is 0. The van der Waals surface area contributed by atoms with E-state index in [0.717, 1.165) is 9.94 Å². The molecule has 140 valence electrons. The summed E-state index contributed by atoms with van der Waals surface area (Å²) in [5.41, 5.74) is 8.17. The largest absolute Gasteiger partial charge is 0.113 e. The summed E-state index contributed by atoms with van der Waals surface area (Å²) in [6, 6.07) is 34.2. The second-order valence-electron chi connectivity index (χ2n) is 7.91. The smallest absolute Gasteiger partial charge is 0.0966 e. The van der Waals surface area contributed by atoms with Crippen molar-refractivity contribution in [2.24, 2.45) is 0 Å². The summed E-state index contributed by atoms with van der Waals surface area (Å²) >= 11 is 3.50. The highest BCUT2D eigenvalue weighted by Gasteiger charge is 2.23. The van der Waals surface area contributed by atoms with Gasteiger partial charge in [-0.15, -0.1) is 0 Å². The molecule has 0 amide bonds. The fraction of sp³-hybridized carbons (Fsp3) is 0.111. The molecular formula is C27H22BBr. The minimum atomic E-state index is -0.0715. The molecule has 29 heavy (non-hydrogen) atoms. The van der Waals surface area contributed by atoms with Gasteiger partial charge in [0.15, 0.2) is 0 Å². The normalized spacial score (nSPS) is 11.4. The van der Waals surface area contributed by atoms with E-state index < -0.39 is 0 Å². The molecular weight excluding hydrogens is 415 g/mol. The Bertz CT molecular complexity index is 1000. The van der Waals surface area contributed by atoms with Gasteiger partial charge >= 0.3 is 0 Å². The zero-order chi connectivity index (χ0) is 20.4. The predicted octanol–water partition coefficient (Wildman–Crippen LogP) is 6.90. The van der Waals surface area contributed by atoms with Gasteiger partial charge in [0.1, 0.15) is 7.85 Å². The van der Waals surface area contributed by atoms with E-state index >= 15 is 0 Å². The van der Waals surface area contributed by atoms with Crippen LogP contribution in [0.3, 0.4) is 0 Å². The van der Waals surface area contributed by atoms with Gasteiger partial charge in [-0.1, -0.05) is 120 Å². The first-order valence-corrected chi connectivity index (χ1v) is 10.6. The monoisotopic (exact) mass is 436 g/mol. The van der Waals surface area contributed by atoms with E-state index in [1.807, 2.05) is 12.1 Å². The minimum absolute atomic E-state index is 0.0715. The fourth-order valence-corrected chi connectivity index (χ4v) is 3.91. The molecule has 0 saturated carbocycles. The van der Waals surface area contributed by atoms with Crippen molar-refractivity contribution in [1.82, 2.24) is 0 Å². The Morgan fingerprint density at radius 1 is 0.517 bits per heavy atom. The Hall–Kier alpha value is -2.58. The van der Waals surface area contributed by atoms with Crippen LogP contribution in [-0.4, -0.2) is 7.85 Å². The Labute approximate surface area is 183 Å². The zero-order valence-electron chi connectivity index (χ0n) is 16.7. The summed E-state index contributed by atoms with van der Waals surface area (Å²) < 4.78 is 1.10. The van der Waals surface area contributed by atoms with Crippen molar-refractivity contribution in [2.45, 2.75) is 19.3 Å². The van der Waals surface area contributed by atoms with E-state index in [1.54, 1.807) is 0 Å². The van der Waals surface area contributed by atoms with E-state index in [1.165, 1.54) is 33.4 Å². The molecule has 2 radical (unpaired) electrons. The minimum Gasteiger partial charge on any atom is -0.0966 e. The molecule has 0 aliphatic heterocycles. The van der Waals surface area contributed by atoms with Crippen molar-refractivity contribution in [2.75, 3.05) is 0 Å². The average Bonchev–Trinajstić information content (AvgIpc) is 2.75. The Morgan fingerprint density at radius 3 is 1.21 bits per heavy atom. The summed E-state index contributed by atoms with van der Waals surface area (Å²) in [6.07, 6.45) is 0. The van der Waals surface area contributed by atoms with Crippen LogP contribution >= 0.6 is 15.9 Å². The number of hydrogen-bond donors (Lipinski definition) is 0. The molecule has 4 aromatic rings. The average molecular weight is 437 g/mol. The van der Waals surface area contributed by atoms with Crippen LogP contribution in [0.1, 0.15) is 25.0 Å². The maximum atomic E-state index is 5.80. The third-order valence-electron chi connectivity index (χ3n) is 5.63. The highest BCUT2D eigenvalue weighted by Crippen LogP contribution is 2.34. The number of halogens is 1.